The number of hydrogen-bond donors (Lipinski definition) is 2. The molecule has 0 fully saturated rings. The highest BCUT2D eigenvalue weighted by molar-refractivity contribution is 7.80. The molecule has 0 bridgehead atoms. The van der Waals surface area contributed by atoms with Gasteiger partial charge in [0.05, 0.1) is 32.0 Å². The number of pyridine rings is 1. The van der Waals surface area contributed by atoms with Crippen molar-refractivity contribution in [3.63, 3.8) is 0 Å². The van der Waals surface area contributed by atoms with Gasteiger partial charge in [-0.1, -0.05) is 0 Å². The van der Waals surface area contributed by atoms with Gasteiger partial charge in [-0.15, -0.1) is 0 Å². The van der Waals surface area contributed by atoms with Gasteiger partial charge in [0.15, 0.2) is 12.4 Å². The zero-order valence-electron chi connectivity index (χ0n) is 13.2. The molecule has 0 aliphatic heterocycles. The van der Waals surface area contributed by atoms with E-state index < -0.39 is 10.4 Å². The van der Waals surface area contributed by atoms with E-state index in [9.17, 15) is 13.0 Å². The van der Waals surface area contributed by atoms with Gasteiger partial charge in [0, 0.05) is 12.3 Å². The second kappa shape index (κ2) is 9.08. The summed E-state index contributed by atoms with van der Waals surface area (Å²) in [5.74, 6) is 0.459. The number of nitrogens with zero attached hydrogens (tertiary/aromatic N) is 4. The first-order chi connectivity index (χ1) is 11.3. The molecule has 0 spiro atoms. The van der Waals surface area contributed by atoms with Crippen molar-refractivity contribution in [3.05, 3.63) is 36.3 Å². The fourth-order valence-corrected chi connectivity index (χ4v) is 1.59. The van der Waals surface area contributed by atoms with Crippen molar-refractivity contribution in [2.45, 2.75) is 6.54 Å². The molecule has 3 N–H and O–H groups in total. The number of nitrogens with two attached hydrogens (primary N) is 1. The normalized spacial score (nSPS) is 11.3. The number of aliphatic hydroxyl groups excluding tert-OH is 1. The van der Waals surface area contributed by atoms with E-state index in [0.29, 0.717) is 18.1 Å². The van der Waals surface area contributed by atoms with Crippen molar-refractivity contribution >= 4 is 28.1 Å². The minimum absolute atomic E-state index is 0.00353. The molecule has 11 heteroatoms. The van der Waals surface area contributed by atoms with Gasteiger partial charge >= 0.3 is 0 Å². The van der Waals surface area contributed by atoms with Gasteiger partial charge in [-0.05, 0) is 6.07 Å². The lowest BCUT2D eigenvalue weighted by Crippen LogP contribution is -2.26. The molecule has 2 aromatic rings. The zero-order valence-corrected chi connectivity index (χ0v) is 14.0. The summed E-state index contributed by atoms with van der Waals surface area (Å²) < 4.78 is 34.5. The Bertz CT molecular complexity index is 788. The molecule has 2 rings (SSSR count). The molecule has 0 saturated heterocycles. The van der Waals surface area contributed by atoms with E-state index in [0.717, 1.165) is 12.7 Å². The highest BCUT2D eigenvalue weighted by atomic mass is 32.3. The minimum Gasteiger partial charge on any atom is -0.726 e. The van der Waals surface area contributed by atoms with Crippen LogP contribution < -0.4 is 10.3 Å². The molecular weight excluding hydrogens is 338 g/mol. The zero-order chi connectivity index (χ0) is 18.2. The summed E-state index contributed by atoms with van der Waals surface area (Å²) in [6.07, 6.45) is 7.23. The highest BCUT2D eigenvalue weighted by Gasteiger charge is 2.05. The predicted molar refractivity (Wildman–Crippen MR) is 85.3 cm³/mol. The Hall–Kier alpha value is -2.34. The van der Waals surface area contributed by atoms with Crippen molar-refractivity contribution in [1.82, 2.24) is 9.78 Å². The largest absolute Gasteiger partial charge is 0.726 e. The third-order valence-electron chi connectivity index (χ3n) is 2.69. The van der Waals surface area contributed by atoms with E-state index in [1.54, 1.807) is 12.4 Å². The van der Waals surface area contributed by atoms with E-state index in [1.165, 1.54) is 4.68 Å². The summed E-state index contributed by atoms with van der Waals surface area (Å²) in [7, 11) is -1.65. The van der Waals surface area contributed by atoms with Crippen LogP contribution in [-0.4, -0.2) is 47.8 Å². The molecule has 0 aliphatic carbocycles. The Morgan fingerprint density at radius 2 is 2.25 bits per heavy atom. The molecular formula is C13H19N5O5S. The fraction of sp³-hybridized carbons (Fsp3) is 0.308. The average Bonchev–Trinajstić information content (AvgIpc) is 2.86. The molecule has 0 aliphatic rings. The molecule has 24 heavy (non-hydrogen) atoms. The fourth-order valence-electron chi connectivity index (χ4n) is 1.59. The van der Waals surface area contributed by atoms with Gasteiger partial charge in [0.1, 0.15) is 18.6 Å². The lowest BCUT2D eigenvalue weighted by atomic mass is 10.3. The molecule has 0 saturated carbocycles. The third-order valence-corrected chi connectivity index (χ3v) is 3.10. The van der Waals surface area contributed by atoms with Crippen LogP contribution in [0, 0.1) is 0 Å². The topological polar surface area (TPSA) is 147 Å². The smallest absolute Gasteiger partial charge is 0.217 e. The average molecular weight is 357 g/mol. The van der Waals surface area contributed by atoms with Crippen LogP contribution in [0.15, 0.2) is 35.7 Å². The van der Waals surface area contributed by atoms with E-state index >= 15 is 0 Å². The number of hydrogen-bond acceptors (Lipinski definition) is 8. The summed E-state index contributed by atoms with van der Waals surface area (Å²) in [4.78, 5) is 4.29. The van der Waals surface area contributed by atoms with Crippen LogP contribution in [0.5, 0.6) is 0 Å². The number of aliphatic imine (C=N–C) groups is 1. The second-order valence-corrected chi connectivity index (χ2v) is 5.65. The van der Waals surface area contributed by atoms with Gasteiger partial charge in [-0.2, -0.15) is 5.10 Å². The van der Waals surface area contributed by atoms with Crippen LogP contribution in [0.2, 0.25) is 0 Å². The molecule has 0 atom stereocenters. The Kier molecular flexibility index (Phi) is 7.45. The van der Waals surface area contributed by atoms with Gasteiger partial charge in [0.2, 0.25) is 10.4 Å². The van der Waals surface area contributed by atoms with Gasteiger partial charge < -0.3 is 15.4 Å². The highest BCUT2D eigenvalue weighted by Crippen LogP contribution is 2.20. The van der Waals surface area contributed by atoms with E-state index in [4.69, 9.17) is 10.8 Å². The number of aromatic nitrogens is 3. The van der Waals surface area contributed by atoms with Crippen LogP contribution in [0.1, 0.15) is 5.56 Å². The van der Waals surface area contributed by atoms with Crippen LogP contribution >= 0.6 is 0 Å². The van der Waals surface area contributed by atoms with Gasteiger partial charge in [0.25, 0.3) is 0 Å². The van der Waals surface area contributed by atoms with Crippen molar-refractivity contribution in [2.24, 2.45) is 12.0 Å². The standard InChI is InChI=1S/C12H16N5O.CH4O4S/c1-16-4-2-3-10(9-16)7-14-11-8-15-17(5-6-18)12(11)13;1-5-6(2,3)4/h2-4,7-9,18H,5-6,13H2,1H3;1H3,(H,2,3,4)/q+1;/p-1. The Morgan fingerprint density at radius 1 is 1.58 bits per heavy atom. The Labute approximate surface area is 139 Å². The number of nitrogen functional groups attached to an aromatic ring is 1. The third kappa shape index (κ3) is 6.83. The van der Waals surface area contributed by atoms with Gasteiger partial charge in [-0.25, -0.2) is 17.7 Å². The lowest BCUT2D eigenvalue weighted by Gasteiger charge is -1.99. The van der Waals surface area contributed by atoms with E-state index in [1.807, 2.05) is 36.1 Å². The first kappa shape index (κ1) is 19.7. The summed E-state index contributed by atoms with van der Waals surface area (Å²) >= 11 is 0. The first-order valence-corrected chi connectivity index (χ1v) is 8.03. The second-order valence-electron chi connectivity index (χ2n) is 4.50. The first-order valence-electron chi connectivity index (χ1n) is 6.69. The maximum atomic E-state index is 9.22. The molecule has 10 nitrogen and oxygen atoms in total. The number of anilines is 1. The monoisotopic (exact) mass is 357 g/mol. The maximum Gasteiger partial charge on any atom is 0.217 e. The minimum atomic E-state index is -4.41. The molecule has 0 unspecified atom stereocenters. The molecule has 2 heterocycles. The summed E-state index contributed by atoms with van der Waals surface area (Å²) in [6, 6.07) is 3.90. The van der Waals surface area contributed by atoms with Crippen molar-refractivity contribution in [3.8, 4) is 0 Å². The van der Waals surface area contributed by atoms with Crippen molar-refractivity contribution < 1.29 is 26.8 Å². The van der Waals surface area contributed by atoms with Crippen LogP contribution in [0.3, 0.4) is 0 Å². The lowest BCUT2D eigenvalue weighted by molar-refractivity contribution is -0.671. The van der Waals surface area contributed by atoms with Crippen LogP contribution in [0.4, 0.5) is 11.5 Å². The molecule has 0 radical (unpaired) electrons. The molecule has 132 valence electrons. The van der Waals surface area contributed by atoms with Crippen molar-refractivity contribution in [1.29, 1.82) is 0 Å². The summed E-state index contributed by atoms with van der Waals surface area (Å²) in [6.45, 7) is 0.380. The van der Waals surface area contributed by atoms with Crippen LogP contribution in [-0.2, 0) is 28.2 Å². The molecule has 0 aromatic carbocycles. The molecule has 0 amide bonds. The van der Waals surface area contributed by atoms with Gasteiger partial charge in [-0.3, -0.25) is 9.18 Å². The molecule has 2 aromatic heterocycles. The Balaban J connectivity index is 0.000000413. The summed E-state index contributed by atoms with van der Waals surface area (Å²) in [5, 5.41) is 12.9. The van der Waals surface area contributed by atoms with E-state index in [-0.39, 0.29) is 6.61 Å². The predicted octanol–water partition coefficient (Wildman–Crippen LogP) is -0.874. The van der Waals surface area contributed by atoms with E-state index in [2.05, 4.69) is 14.3 Å². The number of aliphatic hydroxyl groups is 1. The summed E-state index contributed by atoms with van der Waals surface area (Å²) in [5.41, 5.74) is 7.44. The maximum absolute atomic E-state index is 9.22. The van der Waals surface area contributed by atoms with Crippen LogP contribution in [0.25, 0.3) is 0 Å². The quantitative estimate of drug-likeness (QED) is 0.306. The number of aryl methyl sites for hydroxylation is 1. The SMILES string of the molecule is COS(=O)(=O)[O-].C[n+]1cccc(C=Nc2cnn(CCO)c2N)c1. The Morgan fingerprint density at radius 3 is 2.79 bits per heavy atom. The van der Waals surface area contributed by atoms with Crippen molar-refractivity contribution in [2.75, 3.05) is 19.5 Å². The number of rotatable bonds is 5.